The molecule has 2 nitrogen and oxygen atoms in total. The number of nitriles is 2. The number of rotatable bonds is 6. The lowest BCUT2D eigenvalue weighted by atomic mass is 9.96. The smallest absolute Gasteiger partial charge is 0.0628 e. The minimum atomic E-state index is 0.113. The van der Waals surface area contributed by atoms with Crippen molar-refractivity contribution in [2.75, 3.05) is 0 Å². The number of thiophene rings is 1. The second-order valence-electron chi connectivity index (χ2n) is 3.84. The molecule has 1 heterocycles. The molecular formula is C13H16N2S. The Balaban J connectivity index is 2.79. The molecule has 1 rings (SSSR count). The zero-order valence-electron chi connectivity index (χ0n) is 9.57. The van der Waals surface area contributed by atoms with Crippen LogP contribution in [-0.2, 0) is 6.42 Å². The molecular weight excluding hydrogens is 216 g/mol. The summed E-state index contributed by atoms with van der Waals surface area (Å²) in [5.74, 6) is 0.113. The highest BCUT2D eigenvalue weighted by Crippen LogP contribution is 2.31. The van der Waals surface area contributed by atoms with Crippen molar-refractivity contribution < 1.29 is 0 Å². The fraction of sp³-hybridized carbons (Fsp3) is 0.538. The Bertz CT molecular complexity index is 379. The van der Waals surface area contributed by atoms with Crippen molar-refractivity contribution in [3.05, 3.63) is 21.9 Å². The molecule has 0 amide bonds. The molecule has 0 spiro atoms. The normalized spacial score (nSPS) is 10.0. The predicted octanol–water partition coefficient (Wildman–Crippen LogP) is 4.00. The predicted molar refractivity (Wildman–Crippen MR) is 66.1 cm³/mol. The number of unbranched alkanes of at least 4 members (excludes halogenated alkanes) is 1. The number of nitrogens with zero attached hydrogens (tertiary/aromatic N) is 2. The van der Waals surface area contributed by atoms with Crippen molar-refractivity contribution in [3.63, 3.8) is 0 Å². The molecule has 0 aliphatic carbocycles. The average molecular weight is 232 g/mol. The summed E-state index contributed by atoms with van der Waals surface area (Å²) < 4.78 is 0. The van der Waals surface area contributed by atoms with Gasteiger partial charge in [0.25, 0.3) is 0 Å². The summed E-state index contributed by atoms with van der Waals surface area (Å²) in [5, 5.41) is 19.6. The van der Waals surface area contributed by atoms with Crippen LogP contribution >= 0.6 is 11.3 Å². The van der Waals surface area contributed by atoms with E-state index in [2.05, 4.69) is 30.5 Å². The lowest BCUT2D eigenvalue weighted by Crippen LogP contribution is -1.98. The molecule has 84 valence electrons. The third-order valence-corrected chi connectivity index (χ3v) is 3.75. The second-order valence-corrected chi connectivity index (χ2v) is 4.78. The molecule has 0 unspecified atom stereocenters. The summed E-state index contributed by atoms with van der Waals surface area (Å²) in [7, 11) is 0. The summed E-state index contributed by atoms with van der Waals surface area (Å²) in [4.78, 5) is 1.25. The molecule has 16 heavy (non-hydrogen) atoms. The zero-order valence-corrected chi connectivity index (χ0v) is 10.4. The van der Waals surface area contributed by atoms with E-state index in [-0.39, 0.29) is 5.92 Å². The monoisotopic (exact) mass is 232 g/mol. The molecule has 0 radical (unpaired) electrons. The third kappa shape index (κ3) is 3.36. The number of hydrogen-bond donors (Lipinski definition) is 0. The Morgan fingerprint density at radius 1 is 1.31 bits per heavy atom. The van der Waals surface area contributed by atoms with Gasteiger partial charge in [-0.3, -0.25) is 0 Å². The Labute approximate surface area is 101 Å². The number of hydrogen-bond acceptors (Lipinski definition) is 3. The topological polar surface area (TPSA) is 47.6 Å². The van der Waals surface area contributed by atoms with E-state index in [4.69, 9.17) is 10.5 Å². The fourth-order valence-electron chi connectivity index (χ4n) is 1.76. The number of aryl methyl sites for hydroxylation is 1. The third-order valence-electron chi connectivity index (χ3n) is 2.63. The molecule has 0 aliphatic rings. The van der Waals surface area contributed by atoms with Crippen LogP contribution in [0.5, 0.6) is 0 Å². The van der Waals surface area contributed by atoms with Crippen LogP contribution in [0.15, 0.2) is 11.4 Å². The van der Waals surface area contributed by atoms with Crippen molar-refractivity contribution in [1.82, 2.24) is 0 Å². The van der Waals surface area contributed by atoms with E-state index in [0.717, 1.165) is 6.42 Å². The Hall–Kier alpha value is -1.32. The fourth-order valence-corrected chi connectivity index (χ4v) is 2.82. The van der Waals surface area contributed by atoms with Crippen LogP contribution in [-0.4, -0.2) is 0 Å². The molecule has 0 atom stereocenters. The SMILES string of the molecule is CCCCc1ccsc1C(CC#N)CC#N. The second kappa shape index (κ2) is 7.04. The van der Waals surface area contributed by atoms with Crippen LogP contribution in [0.4, 0.5) is 0 Å². The van der Waals surface area contributed by atoms with E-state index in [0.29, 0.717) is 12.8 Å². The summed E-state index contributed by atoms with van der Waals surface area (Å²) in [5.41, 5.74) is 1.34. The van der Waals surface area contributed by atoms with Crippen molar-refractivity contribution in [1.29, 1.82) is 10.5 Å². The van der Waals surface area contributed by atoms with Crippen LogP contribution in [0.2, 0.25) is 0 Å². The Morgan fingerprint density at radius 2 is 2.00 bits per heavy atom. The van der Waals surface area contributed by atoms with Gasteiger partial charge in [-0.15, -0.1) is 11.3 Å². The van der Waals surface area contributed by atoms with Crippen molar-refractivity contribution >= 4 is 11.3 Å². The van der Waals surface area contributed by atoms with Gasteiger partial charge in [-0.25, -0.2) is 0 Å². The van der Waals surface area contributed by atoms with E-state index < -0.39 is 0 Å². The van der Waals surface area contributed by atoms with Gasteiger partial charge < -0.3 is 0 Å². The standard InChI is InChI=1S/C13H16N2S/c1-2-3-4-11-7-10-16-13(11)12(5-8-14)6-9-15/h7,10,12H,2-6H2,1H3. The first-order valence-electron chi connectivity index (χ1n) is 5.63. The van der Waals surface area contributed by atoms with Gasteiger partial charge in [-0.1, -0.05) is 13.3 Å². The maximum absolute atomic E-state index is 8.77. The molecule has 1 aromatic rings. The van der Waals surface area contributed by atoms with Crippen LogP contribution in [0.3, 0.4) is 0 Å². The van der Waals surface area contributed by atoms with Crippen LogP contribution in [0.1, 0.15) is 49.0 Å². The van der Waals surface area contributed by atoms with Gasteiger partial charge in [0.05, 0.1) is 12.1 Å². The minimum absolute atomic E-state index is 0.113. The van der Waals surface area contributed by atoms with Gasteiger partial charge in [-0.2, -0.15) is 10.5 Å². The Morgan fingerprint density at radius 3 is 2.56 bits per heavy atom. The first-order chi connectivity index (χ1) is 7.83. The molecule has 3 heteroatoms. The van der Waals surface area contributed by atoms with Crippen molar-refractivity contribution in [2.24, 2.45) is 0 Å². The van der Waals surface area contributed by atoms with E-state index >= 15 is 0 Å². The summed E-state index contributed by atoms with van der Waals surface area (Å²) in [6.07, 6.45) is 4.33. The largest absolute Gasteiger partial charge is 0.198 e. The molecule has 0 N–H and O–H groups in total. The van der Waals surface area contributed by atoms with E-state index in [1.807, 2.05) is 0 Å². The van der Waals surface area contributed by atoms with Gasteiger partial charge >= 0.3 is 0 Å². The van der Waals surface area contributed by atoms with Gasteiger partial charge in [0.1, 0.15) is 0 Å². The summed E-state index contributed by atoms with van der Waals surface area (Å²) >= 11 is 1.69. The van der Waals surface area contributed by atoms with Gasteiger partial charge in [0.2, 0.25) is 0 Å². The van der Waals surface area contributed by atoms with Crippen molar-refractivity contribution in [2.45, 2.75) is 44.9 Å². The van der Waals surface area contributed by atoms with E-state index in [1.165, 1.54) is 23.3 Å². The summed E-state index contributed by atoms with van der Waals surface area (Å²) in [6.45, 7) is 2.17. The Kier molecular flexibility index (Phi) is 5.61. The van der Waals surface area contributed by atoms with Gasteiger partial charge in [0.15, 0.2) is 0 Å². The van der Waals surface area contributed by atoms with E-state index in [9.17, 15) is 0 Å². The molecule has 0 saturated heterocycles. The minimum Gasteiger partial charge on any atom is -0.198 e. The molecule has 0 aromatic carbocycles. The van der Waals surface area contributed by atoms with Crippen LogP contribution < -0.4 is 0 Å². The maximum atomic E-state index is 8.77. The zero-order chi connectivity index (χ0) is 11.8. The van der Waals surface area contributed by atoms with Crippen LogP contribution in [0.25, 0.3) is 0 Å². The highest BCUT2D eigenvalue weighted by Gasteiger charge is 2.16. The first-order valence-corrected chi connectivity index (χ1v) is 6.51. The average Bonchev–Trinajstić information content (AvgIpc) is 2.74. The molecule has 0 bridgehead atoms. The van der Waals surface area contributed by atoms with E-state index in [1.54, 1.807) is 11.3 Å². The lowest BCUT2D eigenvalue weighted by molar-refractivity contribution is 0.717. The maximum Gasteiger partial charge on any atom is 0.0628 e. The highest BCUT2D eigenvalue weighted by molar-refractivity contribution is 7.10. The van der Waals surface area contributed by atoms with Crippen molar-refractivity contribution in [3.8, 4) is 12.1 Å². The highest BCUT2D eigenvalue weighted by atomic mass is 32.1. The molecule has 0 saturated carbocycles. The summed E-state index contributed by atoms with van der Waals surface area (Å²) in [6, 6.07) is 6.50. The first kappa shape index (κ1) is 12.7. The molecule has 1 aromatic heterocycles. The van der Waals surface area contributed by atoms with Gasteiger partial charge in [-0.05, 0) is 29.9 Å². The van der Waals surface area contributed by atoms with Crippen LogP contribution in [0, 0.1) is 22.7 Å². The quantitative estimate of drug-likeness (QED) is 0.744. The van der Waals surface area contributed by atoms with Gasteiger partial charge in [0, 0.05) is 23.6 Å². The lowest BCUT2D eigenvalue weighted by Gasteiger charge is -2.10. The molecule has 0 aliphatic heterocycles. The molecule has 0 fully saturated rings.